The number of aryl methyl sites for hydroxylation is 1. The van der Waals surface area contributed by atoms with Crippen molar-refractivity contribution in [3.05, 3.63) is 93.7 Å². The van der Waals surface area contributed by atoms with E-state index in [1.807, 2.05) is 0 Å². The quantitative estimate of drug-likeness (QED) is 0.243. The van der Waals surface area contributed by atoms with E-state index in [1.165, 1.54) is 34.5 Å². The molecule has 0 aliphatic rings. The fraction of sp³-hybridized carbons (Fsp3) is 0.130. The summed E-state index contributed by atoms with van der Waals surface area (Å²) in [4.78, 5) is 25.7. The molecule has 0 amide bonds. The van der Waals surface area contributed by atoms with E-state index in [2.05, 4.69) is 20.3 Å². The van der Waals surface area contributed by atoms with E-state index in [4.69, 9.17) is 16.6 Å². The van der Waals surface area contributed by atoms with Crippen LogP contribution in [0.3, 0.4) is 0 Å². The van der Waals surface area contributed by atoms with Crippen molar-refractivity contribution in [2.75, 3.05) is 12.4 Å². The highest BCUT2D eigenvalue weighted by Crippen LogP contribution is 2.17. The monoisotopic (exact) mass is 492 g/mol. The maximum absolute atomic E-state index is 13.6. The highest BCUT2D eigenvalue weighted by atomic mass is 19.1. The Morgan fingerprint density at radius 2 is 1.92 bits per heavy atom. The number of nitrogens with zero attached hydrogens (tertiary/aromatic N) is 6. The van der Waals surface area contributed by atoms with Crippen molar-refractivity contribution in [2.45, 2.75) is 6.54 Å². The highest BCUT2D eigenvalue weighted by Gasteiger charge is 2.13. The van der Waals surface area contributed by atoms with Crippen LogP contribution in [0, 0.1) is 22.5 Å². The van der Waals surface area contributed by atoms with Crippen molar-refractivity contribution in [1.29, 1.82) is 10.8 Å². The first-order valence-electron chi connectivity index (χ1n) is 10.6. The number of halogens is 2. The number of rotatable bonds is 5. The molecule has 0 radical (unpaired) electrons. The fourth-order valence-corrected chi connectivity index (χ4v) is 3.67. The summed E-state index contributed by atoms with van der Waals surface area (Å²) < 4.78 is 30.8. The lowest BCUT2D eigenvalue weighted by Crippen LogP contribution is -2.46. The van der Waals surface area contributed by atoms with Gasteiger partial charge in [-0.15, -0.1) is 0 Å². The summed E-state index contributed by atoms with van der Waals surface area (Å²) in [7, 11) is 3.06. The molecule has 1 aromatic carbocycles. The highest BCUT2D eigenvalue weighted by molar-refractivity contribution is 6.02. The minimum atomic E-state index is -0.789. The van der Waals surface area contributed by atoms with Crippen LogP contribution in [0.15, 0.2) is 64.7 Å². The third-order valence-electron chi connectivity index (χ3n) is 5.33. The number of aliphatic imine (C=N–C) groups is 1. The molecule has 3 aromatic heterocycles. The molecule has 5 N–H and O–H groups in total. The van der Waals surface area contributed by atoms with Crippen LogP contribution in [0.5, 0.6) is 0 Å². The molecule has 0 saturated carbocycles. The van der Waals surface area contributed by atoms with Crippen molar-refractivity contribution in [2.24, 2.45) is 17.8 Å². The van der Waals surface area contributed by atoms with Gasteiger partial charge in [0.05, 0.1) is 12.2 Å². The molecule has 0 bridgehead atoms. The Morgan fingerprint density at radius 1 is 1.19 bits per heavy atom. The van der Waals surface area contributed by atoms with Gasteiger partial charge in [-0.05, 0) is 48.2 Å². The van der Waals surface area contributed by atoms with Gasteiger partial charge >= 0.3 is 5.69 Å². The van der Waals surface area contributed by atoms with Gasteiger partial charge in [0.1, 0.15) is 28.6 Å². The van der Waals surface area contributed by atoms with Gasteiger partial charge in [0, 0.05) is 31.9 Å². The Bertz CT molecular complexity index is 1700. The Labute approximate surface area is 202 Å². The van der Waals surface area contributed by atoms with E-state index in [1.54, 1.807) is 25.3 Å². The van der Waals surface area contributed by atoms with Gasteiger partial charge < -0.3 is 11.1 Å². The SMILES string of the molecule is CN=C(C=CN)Nc1nccc(-c2cc(=N)n3c(=N)n(Cc4cc(F)cc(F)c4)c(=O)n(C)c3c2)n1. The largest absolute Gasteiger partial charge is 0.404 e. The van der Waals surface area contributed by atoms with E-state index in [0.717, 1.165) is 22.8 Å². The molecule has 0 spiro atoms. The molecule has 11 nitrogen and oxygen atoms in total. The molecule has 36 heavy (non-hydrogen) atoms. The van der Waals surface area contributed by atoms with Gasteiger partial charge in [-0.2, -0.15) is 0 Å². The molecule has 0 fully saturated rings. The fourth-order valence-electron chi connectivity index (χ4n) is 3.67. The molecule has 3 heterocycles. The summed E-state index contributed by atoms with van der Waals surface area (Å²) in [5.74, 6) is -0.894. The summed E-state index contributed by atoms with van der Waals surface area (Å²) in [6.07, 6.45) is 4.39. The predicted octanol–water partition coefficient (Wildman–Crippen LogP) is 1.09. The summed E-state index contributed by atoms with van der Waals surface area (Å²) >= 11 is 0. The maximum Gasteiger partial charge on any atom is 0.332 e. The van der Waals surface area contributed by atoms with Crippen molar-refractivity contribution in [3.8, 4) is 11.3 Å². The molecule has 184 valence electrons. The first-order valence-corrected chi connectivity index (χ1v) is 10.6. The molecular formula is C23H22F2N10O. The van der Waals surface area contributed by atoms with Crippen LogP contribution < -0.4 is 27.8 Å². The van der Waals surface area contributed by atoms with Gasteiger partial charge in [-0.1, -0.05) is 0 Å². The lowest BCUT2D eigenvalue weighted by Gasteiger charge is -2.15. The number of nitrogens with two attached hydrogens (primary N) is 1. The zero-order valence-electron chi connectivity index (χ0n) is 19.3. The van der Waals surface area contributed by atoms with Gasteiger partial charge in [-0.3, -0.25) is 24.9 Å². The molecular weight excluding hydrogens is 470 g/mol. The first-order chi connectivity index (χ1) is 17.2. The minimum Gasteiger partial charge on any atom is -0.404 e. The Morgan fingerprint density at radius 3 is 2.58 bits per heavy atom. The van der Waals surface area contributed by atoms with Crippen molar-refractivity contribution in [3.63, 3.8) is 0 Å². The normalized spacial score (nSPS) is 11.9. The summed E-state index contributed by atoms with van der Waals surface area (Å²) in [6.45, 7) is -0.246. The summed E-state index contributed by atoms with van der Waals surface area (Å²) in [5.41, 5.74) is 5.79. The van der Waals surface area contributed by atoms with Gasteiger partial charge in [-0.25, -0.2) is 27.9 Å². The number of nitrogens with one attached hydrogen (secondary N) is 3. The molecule has 4 rings (SSSR count). The van der Waals surface area contributed by atoms with Gasteiger partial charge in [0.25, 0.3) is 0 Å². The zero-order valence-corrected chi connectivity index (χ0v) is 19.3. The van der Waals surface area contributed by atoms with E-state index in [0.29, 0.717) is 17.1 Å². The number of benzene rings is 1. The molecule has 0 aliphatic carbocycles. The van der Waals surface area contributed by atoms with E-state index >= 15 is 0 Å². The van der Waals surface area contributed by atoms with E-state index in [-0.39, 0.29) is 34.8 Å². The topological polar surface area (TPSA) is 155 Å². The maximum atomic E-state index is 13.6. The molecule has 0 atom stereocenters. The Balaban J connectivity index is 1.83. The van der Waals surface area contributed by atoms with Crippen LogP contribution in [0.4, 0.5) is 14.7 Å². The van der Waals surface area contributed by atoms with Crippen LogP contribution >= 0.6 is 0 Å². The summed E-state index contributed by atoms with van der Waals surface area (Å²) in [5, 5.41) is 20.0. The molecule has 13 heteroatoms. The second-order valence-electron chi connectivity index (χ2n) is 7.71. The third-order valence-corrected chi connectivity index (χ3v) is 5.33. The minimum absolute atomic E-state index is 0.0998. The lowest BCUT2D eigenvalue weighted by molar-refractivity contribution is 0.558. The van der Waals surface area contributed by atoms with Crippen molar-refractivity contribution >= 4 is 17.4 Å². The number of hydrogen-bond donors (Lipinski definition) is 4. The van der Waals surface area contributed by atoms with Crippen LogP contribution in [-0.4, -0.2) is 36.4 Å². The van der Waals surface area contributed by atoms with Gasteiger partial charge in [0.2, 0.25) is 11.6 Å². The zero-order chi connectivity index (χ0) is 26.0. The molecule has 4 aromatic rings. The number of anilines is 1. The van der Waals surface area contributed by atoms with E-state index < -0.39 is 17.3 Å². The average Bonchev–Trinajstić information content (AvgIpc) is 2.84. The van der Waals surface area contributed by atoms with Crippen LogP contribution in [-0.2, 0) is 13.6 Å². The number of hydrogen-bond acceptors (Lipinski definition) is 7. The predicted molar refractivity (Wildman–Crippen MR) is 129 cm³/mol. The Hall–Kier alpha value is -4.94. The number of fused-ring (bicyclic) bond motifs is 1. The standard InChI is InChI=1S/C23H22F2N10O/c1-29-19(3-5-26)32-22-30-6-4-17(31-22)14-9-18(27)35-20(10-14)33(2)23(36)34(21(35)28)12-13-7-15(24)11-16(25)8-13/h3-11,27-28H,12,26H2,1-2H3,(H,29,30,31,32). The second kappa shape index (κ2) is 9.74. The second-order valence-corrected chi connectivity index (χ2v) is 7.71. The first kappa shape index (κ1) is 24.2. The molecule has 0 saturated heterocycles. The van der Waals surface area contributed by atoms with Crippen LogP contribution in [0.2, 0.25) is 0 Å². The van der Waals surface area contributed by atoms with Crippen LogP contribution in [0.1, 0.15) is 5.56 Å². The number of pyridine rings is 1. The van der Waals surface area contributed by atoms with Crippen molar-refractivity contribution < 1.29 is 8.78 Å². The number of amidine groups is 1. The van der Waals surface area contributed by atoms with Gasteiger partial charge in [0.15, 0.2) is 0 Å². The number of aromatic nitrogens is 5. The third kappa shape index (κ3) is 4.66. The Kier molecular flexibility index (Phi) is 6.54. The smallest absolute Gasteiger partial charge is 0.332 e. The average molecular weight is 492 g/mol. The molecule has 0 aliphatic heterocycles. The lowest BCUT2D eigenvalue weighted by atomic mass is 10.2. The van der Waals surface area contributed by atoms with Crippen LogP contribution in [0.25, 0.3) is 16.9 Å². The van der Waals surface area contributed by atoms with E-state index in [9.17, 15) is 13.6 Å². The van der Waals surface area contributed by atoms with Crippen molar-refractivity contribution in [1.82, 2.24) is 23.5 Å². The molecule has 0 unspecified atom stereocenters. The summed E-state index contributed by atoms with van der Waals surface area (Å²) in [6, 6.07) is 7.65.